The van der Waals surface area contributed by atoms with Crippen LogP contribution < -0.4 is 26.0 Å². The number of primary amides is 1. The van der Waals surface area contributed by atoms with Gasteiger partial charge in [0, 0.05) is 102 Å². The van der Waals surface area contributed by atoms with Crippen molar-refractivity contribution in [2.45, 2.75) is 76.4 Å². The summed E-state index contributed by atoms with van der Waals surface area (Å²) in [6, 6.07) is 23.2. The zero-order chi connectivity index (χ0) is 48.6. The lowest BCUT2D eigenvalue weighted by atomic mass is 9.86. The molecule has 2 atom stereocenters. The molecule has 1 unspecified atom stereocenters. The van der Waals surface area contributed by atoms with Crippen LogP contribution in [0.15, 0.2) is 72.8 Å². The Hall–Kier alpha value is -6.46. The number of aromatic nitrogens is 2. The first-order chi connectivity index (χ1) is 34.6. The third-order valence-electron chi connectivity index (χ3n) is 16.5. The van der Waals surface area contributed by atoms with Crippen LogP contribution >= 0.6 is 0 Å². The second-order valence-electron chi connectivity index (χ2n) is 20.9. The number of fused-ring (bicyclic) bond motifs is 2. The molecule has 374 valence electrons. The number of likely N-dealkylation sites (tertiary alicyclic amines) is 3. The number of carbonyl (C=O) groups excluding carboxylic acids is 5. The average molecular weight is 966 g/mol. The van der Waals surface area contributed by atoms with Crippen LogP contribution in [-0.2, 0) is 16.1 Å². The van der Waals surface area contributed by atoms with Crippen LogP contribution in [0.5, 0.6) is 11.5 Å². The van der Waals surface area contributed by atoms with E-state index in [1.165, 1.54) is 0 Å². The maximum absolute atomic E-state index is 13.8. The Bertz CT molecular complexity index is 2610. The number of nitrogens with one attached hydrogen (secondary N) is 2. The molecule has 3 aromatic carbocycles. The predicted octanol–water partition coefficient (Wildman–Crippen LogP) is 5.64. The van der Waals surface area contributed by atoms with Gasteiger partial charge in [-0.25, -0.2) is 9.48 Å². The van der Waals surface area contributed by atoms with E-state index in [1.54, 1.807) is 4.90 Å². The summed E-state index contributed by atoms with van der Waals surface area (Å²) >= 11 is 0. The van der Waals surface area contributed by atoms with E-state index >= 15 is 0 Å². The zero-order valence-electron chi connectivity index (χ0n) is 40.7. The molecule has 5 fully saturated rings. The molecule has 4 aromatic rings. The second-order valence-corrected chi connectivity index (χ2v) is 20.9. The minimum absolute atomic E-state index is 0.139. The molecule has 17 nitrogen and oxygen atoms in total. The van der Waals surface area contributed by atoms with Crippen LogP contribution in [0.25, 0.3) is 11.3 Å². The highest BCUT2D eigenvalue weighted by Crippen LogP contribution is 2.41. The van der Waals surface area contributed by atoms with Crippen LogP contribution in [0.2, 0.25) is 0 Å². The first kappa shape index (κ1) is 46.9. The van der Waals surface area contributed by atoms with Gasteiger partial charge >= 0.3 is 6.03 Å². The molecule has 71 heavy (non-hydrogen) atoms. The molecule has 7 aliphatic heterocycles. The molecular formula is C54H67N11O6. The monoisotopic (exact) mass is 966 g/mol. The van der Waals surface area contributed by atoms with Crippen molar-refractivity contribution in [1.82, 2.24) is 39.6 Å². The molecule has 7 aliphatic rings. The Balaban J connectivity index is 0.597. The number of piperazine rings is 1. The molecule has 0 bridgehead atoms. The lowest BCUT2D eigenvalue weighted by Crippen LogP contribution is -2.52. The van der Waals surface area contributed by atoms with Crippen LogP contribution in [0, 0.1) is 17.8 Å². The maximum Gasteiger partial charge on any atom is 0.319 e. The van der Waals surface area contributed by atoms with E-state index in [2.05, 4.69) is 45.9 Å². The molecule has 17 heteroatoms. The molecule has 5 saturated heterocycles. The molecule has 0 saturated carbocycles. The number of ether oxygens (including phenoxy) is 1. The first-order valence-corrected chi connectivity index (χ1v) is 26.1. The van der Waals surface area contributed by atoms with Crippen molar-refractivity contribution in [2.24, 2.45) is 23.5 Å². The minimum atomic E-state index is -0.605. The van der Waals surface area contributed by atoms with Gasteiger partial charge in [-0.3, -0.25) is 29.4 Å². The highest BCUT2D eigenvalue weighted by molar-refractivity contribution is 6.06. The molecule has 8 heterocycles. The van der Waals surface area contributed by atoms with Gasteiger partial charge < -0.3 is 40.3 Å². The first-order valence-electron chi connectivity index (χ1n) is 26.1. The molecule has 11 rings (SSSR count). The number of hydrogen-bond acceptors (Lipinski definition) is 11. The van der Waals surface area contributed by atoms with E-state index in [0.29, 0.717) is 53.3 Å². The number of hydrogen-bond donors (Lipinski definition) is 3. The van der Waals surface area contributed by atoms with E-state index in [4.69, 9.17) is 15.6 Å². The number of piperidine rings is 4. The lowest BCUT2D eigenvalue weighted by molar-refractivity contribution is -0.136. The summed E-state index contributed by atoms with van der Waals surface area (Å²) in [5, 5.41) is 10.9. The van der Waals surface area contributed by atoms with Crippen molar-refractivity contribution in [1.29, 1.82) is 0 Å². The summed E-state index contributed by atoms with van der Waals surface area (Å²) < 4.78 is 8.06. The summed E-state index contributed by atoms with van der Waals surface area (Å²) in [7, 11) is 0. The molecule has 0 radical (unpaired) electrons. The Labute approximate surface area is 415 Å². The van der Waals surface area contributed by atoms with Gasteiger partial charge in [-0.05, 0) is 142 Å². The van der Waals surface area contributed by atoms with Gasteiger partial charge in [0.2, 0.25) is 11.8 Å². The number of amides is 6. The quantitative estimate of drug-likeness (QED) is 0.158. The van der Waals surface area contributed by atoms with E-state index < -0.39 is 11.9 Å². The number of nitrogens with two attached hydrogens (primary N) is 1. The van der Waals surface area contributed by atoms with Crippen molar-refractivity contribution < 1.29 is 28.7 Å². The summed E-state index contributed by atoms with van der Waals surface area (Å²) in [6.45, 7) is 12.4. The Morgan fingerprint density at radius 3 is 2.00 bits per heavy atom. The summed E-state index contributed by atoms with van der Waals surface area (Å²) in [6.07, 6.45) is 7.87. The van der Waals surface area contributed by atoms with E-state index in [-0.39, 0.29) is 36.2 Å². The van der Waals surface area contributed by atoms with E-state index in [0.717, 1.165) is 158 Å². The third kappa shape index (κ3) is 9.95. The number of imide groups is 1. The van der Waals surface area contributed by atoms with E-state index in [9.17, 15) is 24.0 Å². The smallest absolute Gasteiger partial charge is 0.319 e. The number of carbonyl (C=O) groups is 5. The molecule has 0 spiro atoms. The third-order valence-corrected chi connectivity index (χ3v) is 16.5. The SMILES string of the molecule is NC(=O)c1c(-c2ccc(Oc3ccccc3)cc2)nn2c1NCC[C@H]2C1CCN(CC2CCN(C(=O)N3CCC(CN4CCN(c5ccc6c(c5)CN(C5CCC(=O)NC5=O)C6=O)CC4)CC3)CC2)CC1. The Kier molecular flexibility index (Phi) is 13.4. The number of anilines is 2. The van der Waals surface area contributed by atoms with Crippen molar-refractivity contribution >= 4 is 41.2 Å². The van der Waals surface area contributed by atoms with Gasteiger partial charge in [0.25, 0.3) is 11.8 Å². The summed E-state index contributed by atoms with van der Waals surface area (Å²) in [5.74, 6) is 2.53. The van der Waals surface area contributed by atoms with Crippen LogP contribution in [0.3, 0.4) is 0 Å². The van der Waals surface area contributed by atoms with Gasteiger partial charge in [0.15, 0.2) is 0 Å². The Morgan fingerprint density at radius 1 is 0.704 bits per heavy atom. The fourth-order valence-electron chi connectivity index (χ4n) is 12.5. The number of para-hydroxylation sites is 1. The maximum atomic E-state index is 13.8. The molecule has 1 aromatic heterocycles. The fourth-order valence-corrected chi connectivity index (χ4v) is 12.5. The van der Waals surface area contributed by atoms with Crippen molar-refractivity contribution in [2.75, 3.05) is 95.3 Å². The normalized spacial score (nSPS) is 23.1. The second kappa shape index (κ2) is 20.3. The van der Waals surface area contributed by atoms with Gasteiger partial charge in [0.05, 0.1) is 6.04 Å². The summed E-state index contributed by atoms with van der Waals surface area (Å²) in [5.41, 5.74) is 10.6. The topological polar surface area (TPSA) is 182 Å². The summed E-state index contributed by atoms with van der Waals surface area (Å²) in [4.78, 5) is 77.4. The number of rotatable bonds is 11. The molecule has 0 aliphatic carbocycles. The van der Waals surface area contributed by atoms with Crippen LogP contribution in [-0.4, -0.2) is 155 Å². The molecular weight excluding hydrogens is 899 g/mol. The standard InChI is InChI=1S/C54H67N11O6/c55-50(67)48-49(39-6-9-43(10-7-39)71-42-4-2-1-3-5-42)58-65-45(14-21-56-51(48)65)38-19-22-59(23-20-38)33-36-15-24-62(25-16-36)54(70)63-26-17-37(18-27-63)34-60-28-30-61(31-29-60)41-8-11-44-40(32-41)35-64(53(44)69)46-12-13-47(66)57-52(46)68/h1-11,32,36-38,45-46,56H,12-31,33-35H2,(H2,55,67)(H,57,66,68)/t45-,46?/m0/s1. The van der Waals surface area contributed by atoms with E-state index in [1.807, 2.05) is 66.7 Å². The number of nitrogens with zero attached hydrogens (tertiary/aromatic N) is 8. The number of urea groups is 1. The van der Waals surface area contributed by atoms with Gasteiger partial charge in [-0.15, -0.1) is 0 Å². The largest absolute Gasteiger partial charge is 0.457 e. The van der Waals surface area contributed by atoms with Gasteiger partial charge in [-0.2, -0.15) is 5.10 Å². The highest BCUT2D eigenvalue weighted by atomic mass is 16.5. The zero-order valence-corrected chi connectivity index (χ0v) is 40.7. The van der Waals surface area contributed by atoms with Crippen molar-refractivity contribution in [3.8, 4) is 22.8 Å². The lowest BCUT2D eigenvalue weighted by Gasteiger charge is -2.42. The van der Waals surface area contributed by atoms with Gasteiger partial charge in [0.1, 0.15) is 34.6 Å². The molecule has 6 amide bonds. The van der Waals surface area contributed by atoms with Crippen molar-refractivity contribution in [3.05, 3.63) is 89.5 Å². The average Bonchev–Trinajstić information content (AvgIpc) is 3.95. The fraction of sp³-hybridized carbons (Fsp3) is 0.519. The van der Waals surface area contributed by atoms with Crippen LogP contribution in [0.4, 0.5) is 16.3 Å². The predicted molar refractivity (Wildman–Crippen MR) is 269 cm³/mol. The van der Waals surface area contributed by atoms with Crippen LogP contribution in [0.1, 0.15) is 90.1 Å². The van der Waals surface area contributed by atoms with Gasteiger partial charge in [-0.1, -0.05) is 18.2 Å². The minimum Gasteiger partial charge on any atom is -0.457 e. The molecule has 4 N–H and O–H groups in total. The number of benzene rings is 3. The highest BCUT2D eigenvalue weighted by Gasteiger charge is 2.40. The Morgan fingerprint density at radius 2 is 1.35 bits per heavy atom. The van der Waals surface area contributed by atoms with Crippen molar-refractivity contribution in [3.63, 3.8) is 0 Å².